The van der Waals surface area contributed by atoms with Crippen molar-refractivity contribution >= 4 is 21.9 Å². The van der Waals surface area contributed by atoms with E-state index in [4.69, 9.17) is 9.47 Å². The van der Waals surface area contributed by atoms with Gasteiger partial charge >= 0.3 is 5.97 Å². The summed E-state index contributed by atoms with van der Waals surface area (Å²) in [5.41, 5.74) is 0.519. The maximum Gasteiger partial charge on any atom is 0.343 e. The van der Waals surface area contributed by atoms with E-state index in [0.717, 1.165) is 35.1 Å². The normalized spacial score (nSPS) is 18.5. The Bertz CT molecular complexity index is 777. The average molecular weight is 487 g/mol. The van der Waals surface area contributed by atoms with Crippen LogP contribution in [0.3, 0.4) is 0 Å². The predicted octanol–water partition coefficient (Wildman–Crippen LogP) is 8.21. The quantitative estimate of drug-likeness (QED) is 0.182. The summed E-state index contributed by atoms with van der Waals surface area (Å²) >= 11 is 3.37. The number of hydrogen-bond donors (Lipinski definition) is 0. The smallest absolute Gasteiger partial charge is 0.343 e. The molecule has 3 rings (SSSR count). The summed E-state index contributed by atoms with van der Waals surface area (Å²) in [7, 11) is 0. The Morgan fingerprint density at radius 2 is 1.42 bits per heavy atom. The van der Waals surface area contributed by atoms with Crippen LogP contribution in [0.2, 0.25) is 0 Å². The van der Waals surface area contributed by atoms with Crippen LogP contribution in [0.1, 0.15) is 81.5 Å². The summed E-state index contributed by atoms with van der Waals surface area (Å²) in [5, 5.41) is 0. The van der Waals surface area contributed by atoms with Gasteiger partial charge in [0.05, 0.1) is 12.2 Å². The molecule has 3 nitrogen and oxygen atoms in total. The average Bonchev–Trinajstić information content (AvgIpc) is 2.80. The molecule has 0 radical (unpaired) electrons. The molecule has 0 amide bonds. The van der Waals surface area contributed by atoms with E-state index in [-0.39, 0.29) is 5.97 Å². The lowest BCUT2D eigenvalue weighted by molar-refractivity contribution is 0.0734. The molecular formula is C27H35BrO3. The van der Waals surface area contributed by atoms with Gasteiger partial charge in [-0.3, -0.25) is 0 Å². The first-order valence-corrected chi connectivity index (χ1v) is 12.6. The molecule has 0 atom stereocenters. The maximum absolute atomic E-state index is 12.3. The fourth-order valence-corrected chi connectivity index (χ4v) is 4.67. The topological polar surface area (TPSA) is 35.5 Å². The Labute approximate surface area is 195 Å². The molecule has 0 aliphatic heterocycles. The van der Waals surface area contributed by atoms with Gasteiger partial charge in [0.15, 0.2) is 0 Å². The fourth-order valence-electron chi connectivity index (χ4n) is 4.41. The van der Waals surface area contributed by atoms with Gasteiger partial charge in [0.2, 0.25) is 0 Å². The second-order valence-electron chi connectivity index (χ2n) is 8.74. The molecule has 0 aromatic heterocycles. The number of ether oxygens (including phenoxy) is 2. The van der Waals surface area contributed by atoms with Crippen LogP contribution in [0.5, 0.6) is 11.5 Å². The van der Waals surface area contributed by atoms with Crippen LogP contribution in [0, 0.1) is 11.8 Å². The van der Waals surface area contributed by atoms with Gasteiger partial charge in [-0.15, -0.1) is 0 Å². The Morgan fingerprint density at radius 3 is 2.03 bits per heavy atom. The molecule has 2 aromatic rings. The highest BCUT2D eigenvalue weighted by atomic mass is 79.9. The zero-order valence-corrected chi connectivity index (χ0v) is 20.2. The van der Waals surface area contributed by atoms with Crippen molar-refractivity contribution in [2.75, 3.05) is 6.61 Å². The molecule has 1 aliphatic rings. The van der Waals surface area contributed by atoms with Crippen LogP contribution in [-0.4, -0.2) is 12.6 Å². The van der Waals surface area contributed by atoms with Crippen molar-refractivity contribution in [3.8, 4) is 11.5 Å². The van der Waals surface area contributed by atoms with Gasteiger partial charge < -0.3 is 9.47 Å². The van der Waals surface area contributed by atoms with E-state index in [1.54, 1.807) is 24.3 Å². The number of rotatable bonds is 11. The van der Waals surface area contributed by atoms with Crippen molar-refractivity contribution in [3.63, 3.8) is 0 Å². The largest absolute Gasteiger partial charge is 0.494 e. The molecule has 0 N–H and O–H groups in total. The highest BCUT2D eigenvalue weighted by molar-refractivity contribution is 9.10. The van der Waals surface area contributed by atoms with Crippen molar-refractivity contribution in [1.82, 2.24) is 0 Å². The minimum atomic E-state index is -0.362. The summed E-state index contributed by atoms with van der Waals surface area (Å²) in [6.45, 7) is 3.02. The molecule has 1 aliphatic carbocycles. The first-order chi connectivity index (χ1) is 15.1. The third-order valence-corrected chi connectivity index (χ3v) is 6.85. The van der Waals surface area contributed by atoms with Crippen LogP contribution in [0.25, 0.3) is 0 Å². The van der Waals surface area contributed by atoms with Gasteiger partial charge in [0.25, 0.3) is 0 Å². The second kappa shape index (κ2) is 12.9. The zero-order valence-electron chi connectivity index (χ0n) is 18.7. The number of esters is 1. The Kier molecular flexibility index (Phi) is 9.92. The Balaban J connectivity index is 1.32. The number of hydrogen-bond acceptors (Lipinski definition) is 3. The lowest BCUT2D eigenvalue weighted by atomic mass is 9.78. The third kappa shape index (κ3) is 8.33. The number of benzene rings is 2. The Hall–Kier alpha value is -1.81. The van der Waals surface area contributed by atoms with Gasteiger partial charge in [-0.1, -0.05) is 74.2 Å². The van der Waals surface area contributed by atoms with Crippen molar-refractivity contribution < 1.29 is 14.3 Å². The molecule has 31 heavy (non-hydrogen) atoms. The molecule has 0 bridgehead atoms. The van der Waals surface area contributed by atoms with E-state index >= 15 is 0 Å². The monoisotopic (exact) mass is 486 g/mol. The SMILES string of the molecule is CCCCC[C@H]1CC[C@H](CCCOc2ccc(C(=O)Oc3ccc(Br)cc3)cc2)CC1. The van der Waals surface area contributed by atoms with E-state index in [1.165, 1.54) is 57.8 Å². The number of carbonyl (C=O) groups excluding carboxylic acids is 1. The number of unbranched alkanes of at least 4 members (excludes halogenated alkanes) is 2. The number of carbonyl (C=O) groups is 1. The summed E-state index contributed by atoms with van der Waals surface area (Å²) in [6, 6.07) is 14.4. The molecule has 0 unspecified atom stereocenters. The lowest BCUT2D eigenvalue weighted by Crippen LogP contribution is -2.15. The minimum Gasteiger partial charge on any atom is -0.494 e. The Morgan fingerprint density at radius 1 is 0.839 bits per heavy atom. The van der Waals surface area contributed by atoms with Crippen molar-refractivity contribution in [3.05, 3.63) is 58.6 Å². The fraction of sp³-hybridized carbons (Fsp3) is 0.519. The highest BCUT2D eigenvalue weighted by Gasteiger charge is 2.20. The lowest BCUT2D eigenvalue weighted by Gasteiger charge is -2.28. The summed E-state index contributed by atoms with van der Waals surface area (Å²) < 4.78 is 12.2. The summed E-state index contributed by atoms with van der Waals surface area (Å²) in [5.74, 6) is 2.83. The minimum absolute atomic E-state index is 0.362. The zero-order chi connectivity index (χ0) is 21.9. The standard InChI is InChI=1S/C27H35BrO3/c1-2-3-4-6-21-8-10-22(11-9-21)7-5-20-30-25-16-12-23(13-17-25)27(29)31-26-18-14-24(28)15-19-26/h12-19,21-22H,2-11,20H2,1H3/t21-,22-. The van der Waals surface area contributed by atoms with E-state index in [9.17, 15) is 4.79 Å². The molecule has 168 valence electrons. The van der Waals surface area contributed by atoms with Crippen LogP contribution in [-0.2, 0) is 0 Å². The molecule has 4 heteroatoms. The van der Waals surface area contributed by atoms with Crippen molar-refractivity contribution in [2.24, 2.45) is 11.8 Å². The molecule has 0 saturated heterocycles. The molecule has 2 aromatic carbocycles. The number of halogens is 1. The van der Waals surface area contributed by atoms with E-state index < -0.39 is 0 Å². The summed E-state index contributed by atoms with van der Waals surface area (Å²) in [4.78, 5) is 12.3. The third-order valence-electron chi connectivity index (χ3n) is 6.32. The van der Waals surface area contributed by atoms with Gasteiger partial charge in [-0.2, -0.15) is 0 Å². The highest BCUT2D eigenvalue weighted by Crippen LogP contribution is 2.34. The van der Waals surface area contributed by atoms with Crippen LogP contribution in [0.15, 0.2) is 53.0 Å². The van der Waals surface area contributed by atoms with E-state index in [1.807, 2.05) is 24.3 Å². The van der Waals surface area contributed by atoms with Crippen LogP contribution < -0.4 is 9.47 Å². The first kappa shape index (κ1) is 23.8. The molecule has 0 spiro atoms. The van der Waals surface area contributed by atoms with Crippen LogP contribution in [0.4, 0.5) is 0 Å². The van der Waals surface area contributed by atoms with Crippen molar-refractivity contribution in [1.29, 1.82) is 0 Å². The maximum atomic E-state index is 12.3. The van der Waals surface area contributed by atoms with Gasteiger partial charge in [0.1, 0.15) is 11.5 Å². The summed E-state index contributed by atoms with van der Waals surface area (Å²) in [6.07, 6.45) is 13.6. The van der Waals surface area contributed by atoms with E-state index in [0.29, 0.717) is 11.3 Å². The van der Waals surface area contributed by atoms with Crippen molar-refractivity contribution in [2.45, 2.75) is 71.1 Å². The molecule has 1 fully saturated rings. The molecule has 0 heterocycles. The molecular weight excluding hydrogens is 452 g/mol. The van der Waals surface area contributed by atoms with Gasteiger partial charge in [-0.05, 0) is 73.2 Å². The second-order valence-corrected chi connectivity index (χ2v) is 9.66. The van der Waals surface area contributed by atoms with E-state index in [2.05, 4.69) is 22.9 Å². The predicted molar refractivity (Wildman–Crippen MR) is 130 cm³/mol. The van der Waals surface area contributed by atoms with Gasteiger partial charge in [0, 0.05) is 4.47 Å². The molecule has 1 saturated carbocycles. The van der Waals surface area contributed by atoms with Crippen LogP contribution >= 0.6 is 15.9 Å². The van der Waals surface area contributed by atoms with Gasteiger partial charge in [-0.25, -0.2) is 4.79 Å². The first-order valence-electron chi connectivity index (χ1n) is 11.8.